The highest BCUT2D eigenvalue weighted by Crippen LogP contribution is 2.47. The molecule has 33 heavy (non-hydrogen) atoms. The van der Waals surface area contributed by atoms with E-state index < -0.39 is 21.9 Å². The molecule has 0 saturated heterocycles. The van der Waals surface area contributed by atoms with Crippen LogP contribution in [0.2, 0.25) is 0 Å². The molecular weight excluding hydrogens is 468 g/mol. The number of H-pyrrole nitrogens is 1. The summed E-state index contributed by atoms with van der Waals surface area (Å²) in [6, 6.07) is 11.0. The van der Waals surface area contributed by atoms with Crippen molar-refractivity contribution in [3.8, 4) is 5.75 Å². The van der Waals surface area contributed by atoms with E-state index in [2.05, 4.69) is 4.98 Å². The number of hydrogen-bond acceptors (Lipinski definition) is 7. The first-order valence-electron chi connectivity index (χ1n) is 9.66. The Balaban J connectivity index is 1.75. The van der Waals surface area contributed by atoms with Crippen molar-refractivity contribution in [2.24, 2.45) is 7.05 Å². The number of rotatable bonds is 6. The number of amides is 1. The van der Waals surface area contributed by atoms with Crippen molar-refractivity contribution in [1.29, 1.82) is 0 Å². The van der Waals surface area contributed by atoms with E-state index >= 15 is 0 Å². The third kappa shape index (κ3) is 4.66. The number of carbonyl (C=O) groups is 2. The number of benzene rings is 1. The second kappa shape index (κ2) is 8.45. The molecule has 1 aliphatic rings. The van der Waals surface area contributed by atoms with Gasteiger partial charge >= 0.3 is 5.97 Å². The van der Waals surface area contributed by atoms with Crippen LogP contribution in [0.15, 0.2) is 46.3 Å². The molecule has 1 amide bonds. The number of aromatic nitrogens is 2. The summed E-state index contributed by atoms with van der Waals surface area (Å²) >= 11 is 1.29. The highest BCUT2D eigenvalue weighted by Gasteiger charge is 2.33. The van der Waals surface area contributed by atoms with Crippen LogP contribution in [-0.4, -0.2) is 49.9 Å². The van der Waals surface area contributed by atoms with Gasteiger partial charge in [0.25, 0.3) is 5.91 Å². The summed E-state index contributed by atoms with van der Waals surface area (Å²) in [4.78, 5) is 29.5. The van der Waals surface area contributed by atoms with Crippen molar-refractivity contribution in [2.75, 3.05) is 24.8 Å². The molecule has 3 N–H and O–H groups in total. The summed E-state index contributed by atoms with van der Waals surface area (Å²) in [6.07, 6.45) is 2.72. The van der Waals surface area contributed by atoms with E-state index in [1.165, 1.54) is 22.4 Å². The first-order valence-corrected chi connectivity index (χ1v) is 12.4. The number of anilines is 1. The van der Waals surface area contributed by atoms with E-state index in [4.69, 9.17) is 4.74 Å². The summed E-state index contributed by atoms with van der Waals surface area (Å²) in [5.74, 6) is -0.640. The number of pyridine rings is 1. The van der Waals surface area contributed by atoms with Gasteiger partial charge in [-0.3, -0.25) is 9.52 Å². The Morgan fingerprint density at radius 1 is 1.24 bits per heavy atom. The van der Waals surface area contributed by atoms with Gasteiger partial charge in [-0.15, -0.1) is 0 Å². The van der Waals surface area contributed by atoms with Crippen molar-refractivity contribution in [3.05, 3.63) is 52.8 Å². The Morgan fingerprint density at radius 3 is 2.64 bits per heavy atom. The number of nitrogens with one attached hydrogen (secondary N) is 2. The van der Waals surface area contributed by atoms with Gasteiger partial charge in [0.05, 0.1) is 29.4 Å². The molecule has 10 nitrogen and oxygen atoms in total. The smallest absolute Gasteiger partial charge is 0.352 e. The van der Waals surface area contributed by atoms with E-state index in [9.17, 15) is 23.1 Å². The molecule has 0 aliphatic carbocycles. The first kappa shape index (κ1) is 22.7. The number of hydrogen-bond donors (Lipinski definition) is 2. The summed E-state index contributed by atoms with van der Waals surface area (Å²) in [5, 5.41) is 11.1. The molecule has 0 spiro atoms. The third-order valence-corrected chi connectivity index (χ3v) is 6.65. The number of nitrogens with zero attached hydrogens (tertiary/aromatic N) is 2. The van der Waals surface area contributed by atoms with Crippen LogP contribution in [0.5, 0.6) is 5.75 Å². The minimum Gasteiger partial charge on any atom is -0.497 e. The Labute approximate surface area is 193 Å². The van der Waals surface area contributed by atoms with Crippen LogP contribution in [0.1, 0.15) is 16.2 Å². The zero-order chi connectivity index (χ0) is 23.9. The average Bonchev–Trinajstić information content (AvgIpc) is 3.22. The van der Waals surface area contributed by atoms with Gasteiger partial charge in [0.15, 0.2) is 0 Å². The molecule has 2 aromatic heterocycles. The van der Waals surface area contributed by atoms with Gasteiger partial charge in [-0.05, 0) is 24.3 Å². The van der Waals surface area contributed by atoms with Crippen molar-refractivity contribution in [1.82, 2.24) is 9.29 Å². The fourth-order valence-electron chi connectivity index (χ4n) is 3.58. The monoisotopic (exact) mass is 489 g/mol. The first-order chi connectivity index (χ1) is 15.6. The molecule has 3 aromatic rings. The number of thioether (sulfide) groups is 1. The van der Waals surface area contributed by atoms with Crippen LogP contribution in [-0.2, 0) is 21.9 Å². The largest absolute Gasteiger partial charge is 0.497 e. The minimum absolute atomic E-state index is 0.0597. The molecule has 4 rings (SSSR count). The van der Waals surface area contributed by atoms with Crippen LogP contribution in [0.25, 0.3) is 17.0 Å². The number of ether oxygens (including phenoxy) is 1. The number of fused-ring (bicyclic) bond motifs is 2. The van der Waals surface area contributed by atoms with Gasteiger partial charge in [-0.25, -0.2) is 18.2 Å². The van der Waals surface area contributed by atoms with E-state index in [0.29, 0.717) is 21.5 Å². The number of sulfonamides is 1. The number of carbonyl (C=O) groups excluding carboxylic acids is 1. The predicted molar refractivity (Wildman–Crippen MR) is 124 cm³/mol. The van der Waals surface area contributed by atoms with E-state index in [1.54, 1.807) is 19.1 Å². The molecule has 1 aliphatic heterocycles. The van der Waals surface area contributed by atoms with Crippen molar-refractivity contribution in [3.63, 3.8) is 0 Å². The van der Waals surface area contributed by atoms with Crippen molar-refractivity contribution in [2.45, 2.75) is 4.90 Å². The molecule has 172 valence electrons. The second-order valence-corrected chi connectivity index (χ2v) is 10.2. The Morgan fingerprint density at radius 2 is 1.97 bits per heavy atom. The number of aromatic amines is 1. The normalized spacial score (nSPS) is 14.5. The average molecular weight is 490 g/mol. The lowest BCUT2D eigenvalue weighted by molar-refractivity contribution is -0.347. The zero-order valence-electron chi connectivity index (χ0n) is 17.9. The summed E-state index contributed by atoms with van der Waals surface area (Å²) in [6.45, 7) is -0.308. The van der Waals surface area contributed by atoms with E-state index in [0.717, 1.165) is 22.9 Å². The fraction of sp³-hybridized carbons (Fsp3) is 0.190. The third-order valence-electron chi connectivity index (χ3n) is 4.98. The maximum Gasteiger partial charge on any atom is 0.352 e. The maximum absolute atomic E-state index is 12.4. The Bertz CT molecular complexity index is 1430. The molecular formula is C21H21N4O6S2+. The lowest BCUT2D eigenvalue weighted by atomic mass is 10.2. The van der Waals surface area contributed by atoms with Crippen LogP contribution in [0, 0.1) is 0 Å². The summed E-state index contributed by atoms with van der Waals surface area (Å²) < 4.78 is 31.7. The topological polar surface area (TPSA) is 132 Å². The van der Waals surface area contributed by atoms with E-state index in [1.807, 2.05) is 41.1 Å². The number of carboxylic acids is 1. The predicted octanol–water partition coefficient (Wildman–Crippen LogP) is 1.69. The lowest BCUT2D eigenvalue weighted by Crippen LogP contribution is -2.38. The molecule has 3 heterocycles. The van der Waals surface area contributed by atoms with Crippen LogP contribution >= 0.6 is 11.8 Å². The molecule has 0 atom stereocenters. The van der Waals surface area contributed by atoms with E-state index in [-0.39, 0.29) is 12.2 Å². The Kier molecular flexibility index (Phi) is 5.80. The van der Waals surface area contributed by atoms with Crippen LogP contribution in [0.3, 0.4) is 0 Å². The Hall–Kier alpha value is -3.51. The highest BCUT2D eigenvalue weighted by molar-refractivity contribution is 8.03. The van der Waals surface area contributed by atoms with Crippen molar-refractivity contribution >= 4 is 56.5 Å². The van der Waals surface area contributed by atoms with Gasteiger partial charge in [-0.1, -0.05) is 11.8 Å². The molecule has 0 saturated carbocycles. The summed E-state index contributed by atoms with van der Waals surface area (Å²) in [7, 11) is -0.567. The summed E-state index contributed by atoms with van der Waals surface area (Å²) in [5.41, 5.74) is 1.64. The molecule has 1 aromatic carbocycles. The molecule has 0 unspecified atom stereocenters. The van der Waals surface area contributed by atoms with Gasteiger partial charge < -0.3 is 19.3 Å². The number of methoxy groups -OCH3 is 1. The lowest BCUT2D eigenvalue weighted by Gasteiger charge is -2.21. The van der Waals surface area contributed by atoms with Gasteiger partial charge in [0, 0.05) is 24.6 Å². The SMILES string of the molecule is COc1ccc2ccc(C=C3Sc4cc(C(=O)O)n(C)c4N3CC(=O)NS(C)(=O)=O)[nH+]c2c1. The highest BCUT2D eigenvalue weighted by atomic mass is 32.2. The molecule has 0 radical (unpaired) electrons. The fourth-order valence-corrected chi connectivity index (χ4v) is 5.24. The number of aromatic carboxylic acids is 1. The van der Waals surface area contributed by atoms with Gasteiger partial charge in [0.1, 0.15) is 23.8 Å². The standard InChI is InChI=1S/C21H20N4O6S2/c1-24-16(21(27)28)10-17-20(24)25(11-18(26)23-33(3,29)30)19(32-17)8-13-6-4-12-5-7-14(31-2)9-15(12)22-13/h4-10H,11H2,1-3H3,(H,23,26)(H,27,28)/p+1. The number of carboxylic acid groups (broad SMARTS) is 1. The molecule has 12 heteroatoms. The van der Waals surface area contributed by atoms with Gasteiger partial charge in [0.2, 0.25) is 21.2 Å². The zero-order valence-corrected chi connectivity index (χ0v) is 19.6. The minimum atomic E-state index is -3.74. The second-order valence-electron chi connectivity index (χ2n) is 7.42. The van der Waals surface area contributed by atoms with Crippen molar-refractivity contribution < 1.29 is 32.8 Å². The van der Waals surface area contributed by atoms with Crippen LogP contribution in [0.4, 0.5) is 5.82 Å². The van der Waals surface area contributed by atoms with Crippen LogP contribution < -0.4 is 19.3 Å². The molecule has 0 bridgehead atoms. The quantitative estimate of drug-likeness (QED) is 0.535. The van der Waals surface area contributed by atoms with Gasteiger partial charge in [-0.2, -0.15) is 0 Å². The maximum atomic E-state index is 12.4. The molecule has 0 fully saturated rings.